The van der Waals surface area contributed by atoms with Crippen molar-refractivity contribution in [2.75, 3.05) is 7.11 Å². The third-order valence-electron chi connectivity index (χ3n) is 4.17. The number of aromatic nitrogens is 1. The summed E-state index contributed by atoms with van der Waals surface area (Å²) in [6.45, 7) is 3.62. The maximum atomic E-state index is 13.7. The molecule has 1 amide bonds. The van der Waals surface area contributed by atoms with Gasteiger partial charge in [-0.05, 0) is 18.2 Å². The molecule has 0 saturated heterocycles. The number of rotatable bonds is 7. The first-order valence-electron chi connectivity index (χ1n) is 9.58. The van der Waals surface area contributed by atoms with Gasteiger partial charge in [-0.1, -0.05) is 19.9 Å². The lowest BCUT2D eigenvalue weighted by Gasteiger charge is -2.05. The molecule has 0 atom stereocenters. The highest BCUT2D eigenvalue weighted by Gasteiger charge is 2.23. The Hall–Kier alpha value is -3.86. The summed E-state index contributed by atoms with van der Waals surface area (Å²) < 4.78 is 37.1. The predicted molar refractivity (Wildman–Crippen MR) is 112 cm³/mol. The Kier molecular flexibility index (Phi) is 8.36. The van der Waals surface area contributed by atoms with Crippen LogP contribution in [-0.2, 0) is 13.1 Å². The highest BCUT2D eigenvalue weighted by atomic mass is 19.1. The van der Waals surface area contributed by atoms with E-state index in [0.717, 1.165) is 6.07 Å². The lowest BCUT2D eigenvalue weighted by molar-refractivity contribution is -0.385. The Balaban J connectivity index is 0.00000176. The molecule has 3 aromatic rings. The molecule has 170 valence electrons. The van der Waals surface area contributed by atoms with Crippen LogP contribution in [0.25, 0.3) is 11.5 Å². The minimum Gasteiger partial charge on any atom is -0.490 e. The fraction of sp³-hybridized carbons (Fsp3) is 0.238. The quantitative estimate of drug-likeness (QED) is 0.413. The monoisotopic (exact) mass is 448 g/mol. The molecule has 0 spiro atoms. The van der Waals surface area contributed by atoms with Crippen LogP contribution < -0.4 is 15.8 Å². The van der Waals surface area contributed by atoms with Crippen LogP contribution in [0.2, 0.25) is 0 Å². The lowest BCUT2D eigenvalue weighted by atomic mass is 10.2. The van der Waals surface area contributed by atoms with Gasteiger partial charge in [0.2, 0.25) is 5.89 Å². The minimum atomic E-state index is -0.805. The highest BCUT2D eigenvalue weighted by molar-refractivity contribution is 5.93. The van der Waals surface area contributed by atoms with Crippen LogP contribution in [-0.4, -0.2) is 22.9 Å². The van der Waals surface area contributed by atoms with E-state index in [0.29, 0.717) is 6.07 Å². The second-order valence-electron chi connectivity index (χ2n) is 6.06. The molecule has 2 aromatic carbocycles. The third-order valence-corrected chi connectivity index (χ3v) is 4.17. The topological polar surface area (TPSA) is 134 Å². The lowest BCUT2D eigenvalue weighted by Crippen LogP contribution is -2.25. The number of halogens is 2. The van der Waals surface area contributed by atoms with Gasteiger partial charge in [0, 0.05) is 29.8 Å². The average molecular weight is 448 g/mol. The molecular formula is C21H22F2N4O5. The van der Waals surface area contributed by atoms with Crippen molar-refractivity contribution in [1.29, 1.82) is 0 Å². The first kappa shape index (κ1) is 24.4. The van der Waals surface area contributed by atoms with Gasteiger partial charge < -0.3 is 20.2 Å². The maximum absolute atomic E-state index is 13.7. The summed E-state index contributed by atoms with van der Waals surface area (Å²) in [4.78, 5) is 27.1. The van der Waals surface area contributed by atoms with Crippen molar-refractivity contribution in [1.82, 2.24) is 10.3 Å². The molecule has 0 fully saturated rings. The van der Waals surface area contributed by atoms with Gasteiger partial charge in [-0.25, -0.2) is 13.8 Å². The summed E-state index contributed by atoms with van der Waals surface area (Å²) >= 11 is 0. The number of nitro groups is 1. The molecule has 0 aliphatic carbocycles. The number of nitrogens with one attached hydrogen (secondary N) is 1. The molecule has 32 heavy (non-hydrogen) atoms. The van der Waals surface area contributed by atoms with Gasteiger partial charge in [-0.2, -0.15) is 0 Å². The SMILES string of the molecule is CC.COc1ccc(-c2nc(C(=O)NCc3ccc(F)cc3F)c(CN)o2)cc1[N+](=O)[O-]. The molecule has 11 heteroatoms. The Morgan fingerprint density at radius 3 is 2.56 bits per heavy atom. The van der Waals surface area contributed by atoms with E-state index in [-0.39, 0.29) is 53.0 Å². The molecule has 0 aliphatic rings. The number of carbonyl (C=O) groups is 1. The maximum Gasteiger partial charge on any atom is 0.311 e. The number of methoxy groups -OCH3 is 1. The van der Waals surface area contributed by atoms with E-state index in [9.17, 15) is 23.7 Å². The first-order chi connectivity index (χ1) is 15.3. The largest absolute Gasteiger partial charge is 0.490 e. The van der Waals surface area contributed by atoms with Crippen LogP contribution in [0.1, 0.15) is 35.7 Å². The predicted octanol–water partition coefficient (Wildman–Crippen LogP) is 3.95. The summed E-state index contributed by atoms with van der Waals surface area (Å²) in [5.41, 5.74) is 5.47. The minimum absolute atomic E-state index is 0.0422. The summed E-state index contributed by atoms with van der Waals surface area (Å²) in [6.07, 6.45) is 0. The number of nitrogens with two attached hydrogens (primary N) is 1. The van der Waals surface area contributed by atoms with Crippen molar-refractivity contribution in [2.45, 2.75) is 26.9 Å². The molecule has 0 radical (unpaired) electrons. The van der Waals surface area contributed by atoms with E-state index < -0.39 is 22.5 Å². The van der Waals surface area contributed by atoms with E-state index in [1.165, 1.54) is 31.4 Å². The zero-order valence-electron chi connectivity index (χ0n) is 17.6. The van der Waals surface area contributed by atoms with E-state index in [1.807, 2.05) is 13.8 Å². The molecule has 1 heterocycles. The normalized spacial score (nSPS) is 10.2. The fourth-order valence-electron chi connectivity index (χ4n) is 2.68. The molecule has 0 unspecified atom stereocenters. The summed E-state index contributed by atoms with van der Waals surface area (Å²) in [7, 11) is 1.30. The molecule has 0 saturated carbocycles. The van der Waals surface area contributed by atoms with Crippen LogP contribution in [0.15, 0.2) is 40.8 Å². The van der Waals surface area contributed by atoms with E-state index in [4.69, 9.17) is 14.9 Å². The van der Waals surface area contributed by atoms with Crippen LogP contribution in [0.5, 0.6) is 5.75 Å². The second kappa shape index (κ2) is 11.0. The van der Waals surface area contributed by atoms with Gasteiger partial charge >= 0.3 is 5.69 Å². The van der Waals surface area contributed by atoms with Crippen LogP contribution >= 0.6 is 0 Å². The number of nitrogens with zero attached hydrogens (tertiary/aromatic N) is 2. The van der Waals surface area contributed by atoms with Crippen LogP contribution in [0.4, 0.5) is 14.5 Å². The van der Waals surface area contributed by atoms with Crippen LogP contribution in [0, 0.1) is 21.7 Å². The van der Waals surface area contributed by atoms with Gasteiger partial charge in [0.05, 0.1) is 18.6 Å². The fourth-order valence-corrected chi connectivity index (χ4v) is 2.68. The summed E-state index contributed by atoms with van der Waals surface area (Å²) in [6, 6.07) is 7.03. The molecule has 9 nitrogen and oxygen atoms in total. The number of amides is 1. The van der Waals surface area contributed by atoms with Gasteiger partial charge in [0.25, 0.3) is 5.91 Å². The van der Waals surface area contributed by atoms with Crippen molar-refractivity contribution in [3.63, 3.8) is 0 Å². The zero-order valence-corrected chi connectivity index (χ0v) is 17.6. The summed E-state index contributed by atoms with van der Waals surface area (Å²) in [5, 5.41) is 13.7. The molecule has 0 aliphatic heterocycles. The number of hydrogen-bond acceptors (Lipinski definition) is 7. The number of oxazole rings is 1. The Morgan fingerprint density at radius 1 is 1.25 bits per heavy atom. The van der Waals surface area contributed by atoms with Crippen molar-refractivity contribution < 1.29 is 27.7 Å². The first-order valence-corrected chi connectivity index (χ1v) is 9.58. The number of carbonyl (C=O) groups excluding carboxylic acids is 1. The molecule has 3 N–H and O–H groups in total. The zero-order chi connectivity index (χ0) is 23.8. The molecule has 1 aromatic heterocycles. The van der Waals surface area contributed by atoms with Crippen molar-refractivity contribution in [3.05, 3.63) is 75.2 Å². The molecular weight excluding hydrogens is 426 g/mol. The van der Waals surface area contributed by atoms with Gasteiger partial charge in [0.15, 0.2) is 17.2 Å². The Bertz CT molecular complexity index is 1120. The smallest absolute Gasteiger partial charge is 0.311 e. The molecule has 3 rings (SSSR count). The molecule has 0 bridgehead atoms. The van der Waals surface area contributed by atoms with E-state index >= 15 is 0 Å². The van der Waals surface area contributed by atoms with E-state index in [1.54, 1.807) is 0 Å². The van der Waals surface area contributed by atoms with Gasteiger partial charge in [-0.15, -0.1) is 0 Å². The number of hydrogen-bond donors (Lipinski definition) is 2. The number of nitro benzene ring substituents is 1. The summed E-state index contributed by atoms with van der Waals surface area (Å²) in [5.74, 6) is -2.20. The van der Waals surface area contributed by atoms with E-state index in [2.05, 4.69) is 10.3 Å². The standard InChI is InChI=1S/C19H16F2N4O5.C2H6/c1-29-15-5-3-10(6-14(15)25(27)28)19-24-17(16(8-22)30-19)18(26)23-9-11-2-4-12(20)7-13(11)21;1-2/h2-7H,8-9,22H2,1H3,(H,23,26);1-2H3. The van der Waals surface area contributed by atoms with Crippen molar-refractivity contribution >= 4 is 11.6 Å². The third kappa shape index (κ3) is 5.43. The Labute approximate surface area is 182 Å². The van der Waals surface area contributed by atoms with Crippen molar-refractivity contribution in [3.8, 4) is 17.2 Å². The average Bonchev–Trinajstić information content (AvgIpc) is 3.24. The Morgan fingerprint density at radius 2 is 1.97 bits per heavy atom. The van der Waals surface area contributed by atoms with Crippen LogP contribution in [0.3, 0.4) is 0 Å². The van der Waals surface area contributed by atoms with Gasteiger partial charge in [-0.3, -0.25) is 14.9 Å². The second-order valence-corrected chi connectivity index (χ2v) is 6.06. The van der Waals surface area contributed by atoms with Gasteiger partial charge in [0.1, 0.15) is 11.6 Å². The highest BCUT2D eigenvalue weighted by Crippen LogP contribution is 2.32. The number of benzene rings is 2. The van der Waals surface area contributed by atoms with Crippen molar-refractivity contribution in [2.24, 2.45) is 5.73 Å². The number of ether oxygens (including phenoxy) is 1.